The molecule has 11 heavy (non-hydrogen) atoms. The predicted octanol–water partition coefficient (Wildman–Crippen LogP) is -0.210. The quantitative estimate of drug-likeness (QED) is 0.597. The molecule has 1 saturated heterocycles. The molecular formula is C8H18N2O. The van der Waals surface area contributed by atoms with E-state index in [-0.39, 0.29) is 12.1 Å². The highest BCUT2D eigenvalue weighted by Crippen LogP contribution is 2.23. The summed E-state index contributed by atoms with van der Waals surface area (Å²) in [6, 6.07) is 0.355. The molecule has 0 aromatic rings. The van der Waals surface area contributed by atoms with Gasteiger partial charge in [0.15, 0.2) is 0 Å². The largest absolute Gasteiger partial charge is 0.396 e. The lowest BCUT2D eigenvalue weighted by atomic mass is 9.93. The number of nitrogens with zero attached hydrogens (tertiary/aromatic N) is 1. The number of nitrogens with two attached hydrogens (primary N) is 1. The minimum atomic E-state index is 0.130. The molecule has 1 rings (SSSR count). The van der Waals surface area contributed by atoms with Gasteiger partial charge in [0.1, 0.15) is 0 Å². The second kappa shape index (κ2) is 3.09. The fourth-order valence-electron chi connectivity index (χ4n) is 1.44. The van der Waals surface area contributed by atoms with Gasteiger partial charge < -0.3 is 10.8 Å². The lowest BCUT2D eigenvalue weighted by Crippen LogP contribution is -2.63. The monoisotopic (exact) mass is 158 g/mol. The normalized spacial score (nSPS) is 21.8. The molecule has 0 atom stereocenters. The number of rotatable bonds is 3. The molecule has 0 unspecified atom stereocenters. The van der Waals surface area contributed by atoms with Gasteiger partial charge in [0.2, 0.25) is 0 Å². The Hall–Kier alpha value is -0.120. The van der Waals surface area contributed by atoms with Crippen molar-refractivity contribution < 1.29 is 5.11 Å². The Kier molecular flexibility index (Phi) is 2.52. The van der Waals surface area contributed by atoms with E-state index in [9.17, 15) is 0 Å². The van der Waals surface area contributed by atoms with Crippen LogP contribution < -0.4 is 5.73 Å². The molecule has 1 aliphatic rings. The van der Waals surface area contributed by atoms with Crippen LogP contribution in [-0.2, 0) is 0 Å². The third kappa shape index (κ3) is 1.92. The Balaban J connectivity index is 2.33. The molecular weight excluding hydrogens is 140 g/mol. The maximum Gasteiger partial charge on any atom is 0.0448 e. The molecule has 0 saturated carbocycles. The SMILES string of the molecule is CC(C)(CCO)N1CC(N)C1. The Morgan fingerprint density at radius 2 is 2.09 bits per heavy atom. The molecule has 3 N–H and O–H groups in total. The Morgan fingerprint density at radius 3 is 2.45 bits per heavy atom. The van der Waals surface area contributed by atoms with Gasteiger partial charge in [-0.2, -0.15) is 0 Å². The summed E-state index contributed by atoms with van der Waals surface area (Å²) in [5.41, 5.74) is 5.79. The molecule has 1 fully saturated rings. The van der Waals surface area contributed by atoms with Crippen molar-refractivity contribution in [3.05, 3.63) is 0 Å². The molecule has 66 valence electrons. The summed E-state index contributed by atoms with van der Waals surface area (Å²) < 4.78 is 0. The van der Waals surface area contributed by atoms with Gasteiger partial charge in [0, 0.05) is 31.3 Å². The zero-order valence-corrected chi connectivity index (χ0v) is 7.38. The second-order valence-corrected chi connectivity index (χ2v) is 3.95. The summed E-state index contributed by atoms with van der Waals surface area (Å²) in [4.78, 5) is 2.31. The number of hydrogen-bond donors (Lipinski definition) is 2. The third-order valence-corrected chi connectivity index (χ3v) is 2.49. The van der Waals surface area contributed by atoms with Gasteiger partial charge in [-0.3, -0.25) is 4.90 Å². The van der Waals surface area contributed by atoms with E-state index in [1.807, 2.05) is 0 Å². The highest BCUT2D eigenvalue weighted by atomic mass is 16.3. The molecule has 0 amide bonds. The number of aliphatic hydroxyl groups excluding tert-OH is 1. The maximum atomic E-state index is 8.78. The molecule has 3 heteroatoms. The van der Waals surface area contributed by atoms with Crippen LogP contribution in [0.15, 0.2) is 0 Å². The zero-order valence-electron chi connectivity index (χ0n) is 7.38. The second-order valence-electron chi connectivity index (χ2n) is 3.95. The fraction of sp³-hybridized carbons (Fsp3) is 1.00. The van der Waals surface area contributed by atoms with Gasteiger partial charge in [0.25, 0.3) is 0 Å². The predicted molar refractivity (Wildman–Crippen MR) is 45.3 cm³/mol. The van der Waals surface area contributed by atoms with E-state index >= 15 is 0 Å². The van der Waals surface area contributed by atoms with Crippen LogP contribution in [0, 0.1) is 0 Å². The first kappa shape index (κ1) is 8.97. The zero-order chi connectivity index (χ0) is 8.48. The van der Waals surface area contributed by atoms with Crippen molar-refractivity contribution in [3.8, 4) is 0 Å². The lowest BCUT2D eigenvalue weighted by molar-refractivity contribution is 0.0211. The summed E-state index contributed by atoms with van der Waals surface area (Å²) in [5, 5.41) is 8.78. The smallest absolute Gasteiger partial charge is 0.0448 e. The minimum absolute atomic E-state index is 0.130. The van der Waals surface area contributed by atoms with E-state index in [1.165, 1.54) is 0 Å². The molecule has 0 aromatic carbocycles. The number of hydrogen-bond acceptors (Lipinski definition) is 3. The third-order valence-electron chi connectivity index (χ3n) is 2.49. The van der Waals surface area contributed by atoms with Crippen LogP contribution in [-0.4, -0.2) is 41.3 Å². The van der Waals surface area contributed by atoms with E-state index in [4.69, 9.17) is 10.8 Å². The van der Waals surface area contributed by atoms with E-state index in [0.717, 1.165) is 19.5 Å². The first-order chi connectivity index (χ1) is 5.06. The van der Waals surface area contributed by atoms with Crippen LogP contribution in [0.5, 0.6) is 0 Å². The first-order valence-corrected chi connectivity index (χ1v) is 4.18. The fourth-order valence-corrected chi connectivity index (χ4v) is 1.44. The van der Waals surface area contributed by atoms with Crippen LogP contribution in [0.25, 0.3) is 0 Å². The van der Waals surface area contributed by atoms with Crippen molar-refractivity contribution in [2.75, 3.05) is 19.7 Å². The van der Waals surface area contributed by atoms with Crippen LogP contribution in [0.3, 0.4) is 0 Å². The molecule has 0 bridgehead atoms. The molecule has 1 heterocycles. The van der Waals surface area contributed by atoms with Gasteiger partial charge >= 0.3 is 0 Å². The highest BCUT2D eigenvalue weighted by Gasteiger charge is 2.34. The summed E-state index contributed by atoms with van der Waals surface area (Å²) >= 11 is 0. The topological polar surface area (TPSA) is 49.5 Å². The molecule has 0 spiro atoms. The standard InChI is InChI=1S/C8H18N2O/c1-8(2,3-4-11)10-5-7(9)6-10/h7,11H,3-6,9H2,1-2H3. The maximum absolute atomic E-state index is 8.78. The number of aliphatic hydroxyl groups is 1. The highest BCUT2D eigenvalue weighted by molar-refractivity contribution is 4.93. The summed E-state index contributed by atoms with van der Waals surface area (Å²) in [6.07, 6.45) is 0.833. The van der Waals surface area contributed by atoms with Gasteiger partial charge in [-0.15, -0.1) is 0 Å². The van der Waals surface area contributed by atoms with E-state index in [0.29, 0.717) is 6.04 Å². The molecule has 3 nitrogen and oxygen atoms in total. The Labute approximate surface area is 68.2 Å². The van der Waals surface area contributed by atoms with Crippen molar-refractivity contribution in [1.29, 1.82) is 0 Å². The first-order valence-electron chi connectivity index (χ1n) is 4.18. The summed E-state index contributed by atoms with van der Waals surface area (Å²) in [6.45, 7) is 6.52. The summed E-state index contributed by atoms with van der Waals surface area (Å²) in [5.74, 6) is 0. The van der Waals surface area contributed by atoms with Gasteiger partial charge in [-0.05, 0) is 20.3 Å². The molecule has 0 aliphatic carbocycles. The van der Waals surface area contributed by atoms with Crippen LogP contribution in [0.1, 0.15) is 20.3 Å². The van der Waals surface area contributed by atoms with Crippen LogP contribution in [0.2, 0.25) is 0 Å². The van der Waals surface area contributed by atoms with E-state index in [2.05, 4.69) is 18.7 Å². The van der Waals surface area contributed by atoms with Crippen LogP contribution in [0.4, 0.5) is 0 Å². The minimum Gasteiger partial charge on any atom is -0.396 e. The van der Waals surface area contributed by atoms with E-state index in [1.54, 1.807) is 0 Å². The average Bonchev–Trinajstić information content (AvgIpc) is 1.81. The lowest BCUT2D eigenvalue weighted by Gasteiger charge is -2.48. The van der Waals surface area contributed by atoms with Crippen molar-refractivity contribution >= 4 is 0 Å². The molecule has 1 aliphatic heterocycles. The van der Waals surface area contributed by atoms with Gasteiger partial charge in [-0.25, -0.2) is 0 Å². The van der Waals surface area contributed by atoms with E-state index < -0.39 is 0 Å². The number of likely N-dealkylation sites (tertiary alicyclic amines) is 1. The van der Waals surface area contributed by atoms with Crippen molar-refractivity contribution in [2.45, 2.75) is 31.8 Å². The average molecular weight is 158 g/mol. The van der Waals surface area contributed by atoms with Gasteiger partial charge in [0.05, 0.1) is 0 Å². The Bertz CT molecular complexity index is 130. The molecule has 0 radical (unpaired) electrons. The van der Waals surface area contributed by atoms with Crippen molar-refractivity contribution in [2.24, 2.45) is 5.73 Å². The molecule has 0 aromatic heterocycles. The van der Waals surface area contributed by atoms with Crippen molar-refractivity contribution in [1.82, 2.24) is 4.90 Å². The summed E-state index contributed by atoms with van der Waals surface area (Å²) in [7, 11) is 0. The van der Waals surface area contributed by atoms with Crippen molar-refractivity contribution in [3.63, 3.8) is 0 Å². The van der Waals surface area contributed by atoms with Gasteiger partial charge in [-0.1, -0.05) is 0 Å². The Morgan fingerprint density at radius 1 is 1.55 bits per heavy atom. The van der Waals surface area contributed by atoms with Crippen LogP contribution >= 0.6 is 0 Å².